The minimum atomic E-state index is -0.0476. The molecule has 0 amide bonds. The van der Waals surface area contributed by atoms with Crippen LogP contribution in [0.3, 0.4) is 0 Å². The molecule has 5 heteroatoms. The summed E-state index contributed by atoms with van der Waals surface area (Å²) >= 11 is 0. The van der Waals surface area contributed by atoms with E-state index in [0.29, 0.717) is 12.6 Å². The molecule has 2 N–H and O–H groups in total. The van der Waals surface area contributed by atoms with Crippen molar-refractivity contribution in [3.8, 4) is 0 Å². The SMILES string of the molecule is CCCCCCCCN(CC(=O)OC1CC(C)(C)NC(C)(C)C1)C1CC(C)(C)NC(C)(C)C1. The molecule has 2 fully saturated rings. The van der Waals surface area contributed by atoms with Crippen LogP contribution in [0.4, 0.5) is 0 Å². The van der Waals surface area contributed by atoms with Crippen molar-refractivity contribution in [1.82, 2.24) is 15.5 Å². The fourth-order valence-corrected chi connectivity index (χ4v) is 6.71. The first-order valence-electron chi connectivity index (χ1n) is 13.6. The lowest BCUT2D eigenvalue weighted by Gasteiger charge is -2.49. The molecule has 2 saturated heterocycles. The van der Waals surface area contributed by atoms with Crippen LogP contribution in [0, 0.1) is 0 Å². The van der Waals surface area contributed by atoms with Crippen LogP contribution in [0.5, 0.6) is 0 Å². The molecule has 0 unspecified atom stereocenters. The Balaban J connectivity index is 2.02. The summed E-state index contributed by atoms with van der Waals surface area (Å²) < 4.78 is 6.11. The number of nitrogens with zero attached hydrogens (tertiary/aromatic N) is 1. The quantitative estimate of drug-likeness (QED) is 0.298. The molecular weight excluding hydrogens is 410 g/mol. The van der Waals surface area contributed by atoms with Crippen molar-refractivity contribution in [2.75, 3.05) is 13.1 Å². The van der Waals surface area contributed by atoms with Crippen molar-refractivity contribution in [2.45, 2.75) is 161 Å². The zero-order valence-electron chi connectivity index (χ0n) is 23.4. The molecule has 2 heterocycles. The van der Waals surface area contributed by atoms with E-state index in [4.69, 9.17) is 4.74 Å². The maximum absolute atomic E-state index is 13.2. The number of piperidine rings is 2. The van der Waals surface area contributed by atoms with Gasteiger partial charge >= 0.3 is 5.97 Å². The largest absolute Gasteiger partial charge is 0.461 e. The Labute approximate surface area is 205 Å². The van der Waals surface area contributed by atoms with E-state index in [-0.39, 0.29) is 34.2 Å². The van der Waals surface area contributed by atoms with Gasteiger partial charge in [-0.15, -0.1) is 0 Å². The third-order valence-electron chi connectivity index (χ3n) is 7.27. The topological polar surface area (TPSA) is 53.6 Å². The second kappa shape index (κ2) is 11.4. The summed E-state index contributed by atoms with van der Waals surface area (Å²) in [6.07, 6.45) is 11.5. The van der Waals surface area contributed by atoms with Gasteiger partial charge in [0.25, 0.3) is 0 Å². The van der Waals surface area contributed by atoms with E-state index >= 15 is 0 Å². The Morgan fingerprint density at radius 1 is 0.758 bits per heavy atom. The number of carbonyl (C=O) groups excluding carboxylic acids is 1. The number of carbonyl (C=O) groups is 1. The summed E-state index contributed by atoms with van der Waals surface area (Å²) in [5.41, 5.74) is 0.0967. The smallest absolute Gasteiger partial charge is 0.320 e. The summed E-state index contributed by atoms with van der Waals surface area (Å²) in [5.74, 6) is -0.0476. The van der Waals surface area contributed by atoms with E-state index in [9.17, 15) is 4.79 Å². The molecule has 0 bridgehead atoms. The summed E-state index contributed by atoms with van der Waals surface area (Å²) in [7, 11) is 0. The third-order valence-corrected chi connectivity index (χ3v) is 7.27. The number of ether oxygens (including phenoxy) is 1. The van der Waals surface area contributed by atoms with Crippen LogP contribution in [0.1, 0.15) is 127 Å². The highest BCUT2D eigenvalue weighted by atomic mass is 16.5. The van der Waals surface area contributed by atoms with Crippen molar-refractivity contribution in [1.29, 1.82) is 0 Å². The minimum Gasteiger partial charge on any atom is -0.461 e. The predicted molar refractivity (Wildman–Crippen MR) is 140 cm³/mol. The first kappa shape index (κ1) is 28.6. The van der Waals surface area contributed by atoms with Gasteiger partial charge in [0.05, 0.1) is 6.54 Å². The fraction of sp³-hybridized carbons (Fsp3) is 0.964. The molecule has 0 atom stereocenters. The Hall–Kier alpha value is -0.650. The van der Waals surface area contributed by atoms with E-state index in [0.717, 1.165) is 38.6 Å². The highest BCUT2D eigenvalue weighted by molar-refractivity contribution is 5.72. The summed E-state index contributed by atoms with van der Waals surface area (Å²) in [5, 5.41) is 7.48. The zero-order chi connectivity index (χ0) is 24.9. The lowest BCUT2D eigenvalue weighted by Crippen LogP contribution is -2.63. The van der Waals surface area contributed by atoms with Gasteiger partial charge in [0.15, 0.2) is 0 Å². The molecule has 2 rings (SSSR count). The van der Waals surface area contributed by atoms with Crippen LogP contribution in [-0.2, 0) is 9.53 Å². The van der Waals surface area contributed by atoms with Crippen molar-refractivity contribution >= 4 is 5.97 Å². The number of esters is 1. The summed E-state index contributed by atoms with van der Waals surface area (Å²) in [6, 6.07) is 0.403. The van der Waals surface area contributed by atoms with Crippen molar-refractivity contribution < 1.29 is 9.53 Å². The van der Waals surface area contributed by atoms with Crippen LogP contribution >= 0.6 is 0 Å². The van der Waals surface area contributed by atoms with Crippen molar-refractivity contribution in [3.05, 3.63) is 0 Å². The average Bonchev–Trinajstić information content (AvgIpc) is 2.58. The molecule has 0 radical (unpaired) electrons. The van der Waals surface area contributed by atoms with Crippen molar-refractivity contribution in [2.24, 2.45) is 0 Å². The van der Waals surface area contributed by atoms with Crippen molar-refractivity contribution in [3.63, 3.8) is 0 Å². The monoisotopic (exact) mass is 465 g/mol. The average molecular weight is 466 g/mol. The van der Waals surface area contributed by atoms with E-state index in [1.165, 1.54) is 32.1 Å². The zero-order valence-corrected chi connectivity index (χ0v) is 23.4. The van der Waals surface area contributed by atoms with Gasteiger partial charge in [-0.25, -0.2) is 0 Å². The van der Waals surface area contributed by atoms with E-state index in [1.807, 2.05) is 0 Å². The number of rotatable bonds is 11. The Kier molecular flexibility index (Phi) is 9.87. The van der Waals surface area contributed by atoms with Gasteiger partial charge in [0.2, 0.25) is 0 Å². The van der Waals surface area contributed by atoms with Crippen LogP contribution in [0.2, 0.25) is 0 Å². The summed E-state index contributed by atoms with van der Waals surface area (Å²) in [4.78, 5) is 15.6. The van der Waals surface area contributed by atoms with E-state index in [1.54, 1.807) is 0 Å². The molecule has 194 valence electrons. The highest BCUT2D eigenvalue weighted by Crippen LogP contribution is 2.33. The number of unbranched alkanes of at least 4 members (excludes halogenated alkanes) is 5. The molecule has 0 spiro atoms. The van der Waals surface area contributed by atoms with Gasteiger partial charge < -0.3 is 15.4 Å². The standard InChI is InChI=1S/C28H55N3O2/c1-10-11-12-13-14-15-16-31(22-17-25(2,3)29-26(4,5)18-22)21-24(32)33-23-19-27(6,7)30-28(8,9)20-23/h22-23,29-30H,10-21H2,1-9H3. The lowest BCUT2D eigenvalue weighted by atomic mass is 9.79. The minimum absolute atomic E-state index is 0.0134. The van der Waals surface area contributed by atoms with Gasteiger partial charge in [-0.05, 0) is 81.2 Å². The third kappa shape index (κ3) is 10.2. The molecule has 33 heavy (non-hydrogen) atoms. The molecule has 0 saturated carbocycles. The molecule has 5 nitrogen and oxygen atoms in total. The first-order chi connectivity index (χ1) is 15.1. The van der Waals surface area contributed by atoms with Gasteiger partial charge in [-0.3, -0.25) is 9.69 Å². The first-order valence-corrected chi connectivity index (χ1v) is 13.6. The van der Waals surface area contributed by atoms with Crippen LogP contribution in [-0.4, -0.2) is 58.3 Å². The molecule has 0 aromatic heterocycles. The molecule has 2 aliphatic heterocycles. The highest BCUT2D eigenvalue weighted by Gasteiger charge is 2.42. The molecule has 0 aliphatic carbocycles. The second-order valence-electron chi connectivity index (χ2n) is 13.6. The van der Waals surface area contributed by atoms with Gasteiger partial charge in [0, 0.05) is 41.0 Å². The van der Waals surface area contributed by atoms with E-state index in [2.05, 4.69) is 77.8 Å². The van der Waals surface area contributed by atoms with Gasteiger partial charge in [-0.2, -0.15) is 0 Å². The molecule has 2 aliphatic rings. The maximum atomic E-state index is 13.2. The van der Waals surface area contributed by atoms with Gasteiger partial charge in [0.1, 0.15) is 6.10 Å². The Morgan fingerprint density at radius 2 is 1.21 bits per heavy atom. The van der Waals surface area contributed by atoms with E-state index < -0.39 is 0 Å². The number of hydrogen-bond acceptors (Lipinski definition) is 5. The normalized spacial score (nSPS) is 24.7. The fourth-order valence-electron chi connectivity index (χ4n) is 6.71. The lowest BCUT2D eigenvalue weighted by molar-refractivity contribution is -0.155. The van der Waals surface area contributed by atoms with Crippen LogP contribution < -0.4 is 10.6 Å². The maximum Gasteiger partial charge on any atom is 0.320 e. The Bertz CT molecular complexity index is 595. The molecule has 0 aromatic carbocycles. The van der Waals surface area contributed by atoms with Gasteiger partial charge in [-0.1, -0.05) is 39.0 Å². The van der Waals surface area contributed by atoms with Crippen LogP contribution in [0.15, 0.2) is 0 Å². The Morgan fingerprint density at radius 3 is 1.73 bits per heavy atom. The summed E-state index contributed by atoms with van der Waals surface area (Å²) in [6.45, 7) is 21.7. The number of nitrogens with one attached hydrogen (secondary N) is 2. The second-order valence-corrected chi connectivity index (χ2v) is 13.6. The van der Waals surface area contributed by atoms with Crippen LogP contribution in [0.25, 0.3) is 0 Å². The number of hydrogen-bond donors (Lipinski definition) is 2. The predicted octanol–water partition coefficient (Wildman–Crippen LogP) is 5.81. The molecular formula is C28H55N3O2. The molecule has 0 aromatic rings.